The summed E-state index contributed by atoms with van der Waals surface area (Å²) in [6, 6.07) is 0. The van der Waals surface area contributed by atoms with Crippen molar-refractivity contribution in [3.63, 3.8) is 0 Å². The molecule has 3 nitrogen and oxygen atoms in total. The van der Waals surface area contributed by atoms with Crippen LogP contribution in [0.4, 0.5) is 0 Å². The maximum absolute atomic E-state index is 11.3. The van der Waals surface area contributed by atoms with Gasteiger partial charge in [-0.15, -0.1) is 5.54 Å². The first-order valence-electron chi connectivity index (χ1n) is 8.06. The molecule has 128 valence electrons. The standard InChI is InChI=1S/C17H34O3Si2/c1-17(2,3)22(8,9)20-15(13-14-21(5,6)7)11-10-12-16(18)19-4/h15H,10-12H2,1-9H3. The summed E-state index contributed by atoms with van der Waals surface area (Å²) < 4.78 is 11.1. The first-order valence-corrected chi connectivity index (χ1v) is 14.5. The van der Waals surface area contributed by atoms with Crippen molar-refractivity contribution in [1.82, 2.24) is 0 Å². The number of ether oxygens (including phenoxy) is 1. The summed E-state index contributed by atoms with van der Waals surface area (Å²) >= 11 is 0. The second-order valence-electron chi connectivity index (χ2n) is 8.35. The Morgan fingerprint density at radius 3 is 2.09 bits per heavy atom. The first-order chi connectivity index (χ1) is 9.78. The van der Waals surface area contributed by atoms with Crippen LogP contribution in [0, 0.1) is 11.5 Å². The number of hydrogen-bond donors (Lipinski definition) is 0. The molecular formula is C17H34O3Si2. The van der Waals surface area contributed by atoms with E-state index in [1.807, 2.05) is 0 Å². The van der Waals surface area contributed by atoms with E-state index in [0.717, 1.165) is 12.8 Å². The maximum atomic E-state index is 11.3. The molecule has 0 aliphatic heterocycles. The van der Waals surface area contributed by atoms with Gasteiger partial charge in [0.2, 0.25) is 0 Å². The van der Waals surface area contributed by atoms with Crippen LogP contribution in [0.1, 0.15) is 40.0 Å². The molecule has 0 heterocycles. The Balaban J connectivity index is 4.94. The van der Waals surface area contributed by atoms with E-state index in [0.29, 0.717) is 6.42 Å². The fourth-order valence-corrected chi connectivity index (χ4v) is 3.36. The molecule has 5 heteroatoms. The van der Waals surface area contributed by atoms with Crippen LogP contribution in [0.5, 0.6) is 0 Å². The van der Waals surface area contributed by atoms with Gasteiger partial charge in [-0.25, -0.2) is 0 Å². The molecule has 22 heavy (non-hydrogen) atoms. The van der Waals surface area contributed by atoms with E-state index in [2.05, 4.69) is 65.0 Å². The average Bonchev–Trinajstić information content (AvgIpc) is 2.32. The molecule has 1 unspecified atom stereocenters. The van der Waals surface area contributed by atoms with Crippen LogP contribution in [-0.2, 0) is 14.0 Å². The molecule has 0 aromatic heterocycles. The van der Waals surface area contributed by atoms with E-state index < -0.39 is 16.4 Å². The molecule has 0 aromatic carbocycles. The van der Waals surface area contributed by atoms with E-state index in [1.54, 1.807) is 0 Å². The smallest absolute Gasteiger partial charge is 0.305 e. The minimum Gasteiger partial charge on any atom is -0.469 e. The van der Waals surface area contributed by atoms with Crippen LogP contribution in [0.3, 0.4) is 0 Å². The zero-order chi connectivity index (χ0) is 17.6. The lowest BCUT2D eigenvalue weighted by Crippen LogP contribution is -2.43. The summed E-state index contributed by atoms with van der Waals surface area (Å²) in [6.45, 7) is 17.9. The number of carbonyl (C=O) groups excluding carboxylic acids is 1. The quantitative estimate of drug-likeness (QED) is 0.402. The third-order valence-corrected chi connectivity index (χ3v) is 9.31. The molecule has 0 aliphatic rings. The van der Waals surface area contributed by atoms with Crippen molar-refractivity contribution >= 4 is 22.4 Å². The Bertz CT molecular complexity index is 420. The van der Waals surface area contributed by atoms with E-state index in [4.69, 9.17) is 9.16 Å². The predicted molar refractivity (Wildman–Crippen MR) is 99.1 cm³/mol. The van der Waals surface area contributed by atoms with Gasteiger partial charge in [0, 0.05) is 6.42 Å². The highest BCUT2D eigenvalue weighted by atomic mass is 28.4. The maximum Gasteiger partial charge on any atom is 0.305 e. The second-order valence-corrected chi connectivity index (χ2v) is 17.9. The van der Waals surface area contributed by atoms with Crippen molar-refractivity contribution in [2.24, 2.45) is 0 Å². The lowest BCUT2D eigenvalue weighted by molar-refractivity contribution is -0.140. The van der Waals surface area contributed by atoms with Gasteiger partial charge >= 0.3 is 5.97 Å². The lowest BCUT2D eigenvalue weighted by Gasteiger charge is -2.38. The molecule has 0 spiro atoms. The number of esters is 1. The molecule has 0 amide bonds. The summed E-state index contributed by atoms with van der Waals surface area (Å²) in [5, 5.41) is 0.161. The van der Waals surface area contributed by atoms with Gasteiger partial charge in [-0.2, -0.15) is 0 Å². The van der Waals surface area contributed by atoms with Gasteiger partial charge in [0.25, 0.3) is 0 Å². The minimum atomic E-state index is -1.85. The molecule has 0 radical (unpaired) electrons. The molecule has 0 aromatic rings. The summed E-state index contributed by atoms with van der Waals surface area (Å²) in [5.41, 5.74) is 3.42. The zero-order valence-electron chi connectivity index (χ0n) is 15.9. The zero-order valence-corrected chi connectivity index (χ0v) is 17.9. The molecular weight excluding hydrogens is 308 g/mol. The highest BCUT2D eigenvalue weighted by Gasteiger charge is 2.38. The fourth-order valence-electron chi connectivity index (χ4n) is 1.52. The Labute approximate surface area is 139 Å². The van der Waals surface area contributed by atoms with Crippen LogP contribution in [0.2, 0.25) is 37.8 Å². The molecule has 0 fully saturated rings. The van der Waals surface area contributed by atoms with Crippen LogP contribution >= 0.6 is 0 Å². The topological polar surface area (TPSA) is 35.5 Å². The third-order valence-electron chi connectivity index (χ3n) is 3.93. The van der Waals surface area contributed by atoms with Crippen molar-refractivity contribution < 1.29 is 14.0 Å². The molecule has 0 N–H and O–H groups in total. The second kappa shape index (κ2) is 8.32. The van der Waals surface area contributed by atoms with Crippen LogP contribution in [0.15, 0.2) is 0 Å². The van der Waals surface area contributed by atoms with E-state index in [9.17, 15) is 4.79 Å². The normalized spacial score (nSPS) is 14.0. The molecule has 0 aliphatic carbocycles. The van der Waals surface area contributed by atoms with Gasteiger partial charge in [-0.05, 0) is 31.0 Å². The van der Waals surface area contributed by atoms with Gasteiger partial charge in [0.15, 0.2) is 8.32 Å². The summed E-state index contributed by atoms with van der Waals surface area (Å²) in [5.74, 6) is 3.19. The Kier molecular flexibility index (Phi) is 8.11. The Morgan fingerprint density at radius 1 is 1.14 bits per heavy atom. The minimum absolute atomic E-state index is 0.0720. The number of rotatable bonds is 6. The summed E-state index contributed by atoms with van der Waals surface area (Å²) in [7, 11) is -1.85. The number of hydrogen-bond acceptors (Lipinski definition) is 3. The van der Waals surface area contributed by atoms with Gasteiger partial charge in [-0.3, -0.25) is 4.79 Å². The number of methoxy groups -OCH3 is 1. The third kappa shape index (κ3) is 8.77. The first kappa shape index (κ1) is 21.4. The Hall–Kier alpha value is -0.576. The van der Waals surface area contributed by atoms with Crippen molar-refractivity contribution in [1.29, 1.82) is 0 Å². The van der Waals surface area contributed by atoms with E-state index >= 15 is 0 Å². The molecule has 0 rings (SSSR count). The van der Waals surface area contributed by atoms with Gasteiger partial charge in [-0.1, -0.05) is 46.3 Å². The van der Waals surface area contributed by atoms with Crippen LogP contribution in [0.25, 0.3) is 0 Å². The Morgan fingerprint density at radius 2 is 1.68 bits per heavy atom. The largest absolute Gasteiger partial charge is 0.469 e. The fraction of sp³-hybridized carbons (Fsp3) is 0.824. The van der Waals surface area contributed by atoms with Gasteiger partial charge < -0.3 is 9.16 Å². The van der Waals surface area contributed by atoms with Crippen LogP contribution < -0.4 is 0 Å². The summed E-state index contributed by atoms with van der Waals surface area (Å²) in [6.07, 6.45) is 1.91. The highest BCUT2D eigenvalue weighted by Crippen LogP contribution is 2.37. The SMILES string of the molecule is COC(=O)CCCC(C#C[Si](C)(C)C)O[Si](C)(C)C(C)(C)C. The van der Waals surface area contributed by atoms with Crippen molar-refractivity contribution in [3.8, 4) is 11.5 Å². The summed E-state index contributed by atoms with van der Waals surface area (Å²) in [4.78, 5) is 11.3. The van der Waals surface area contributed by atoms with Gasteiger partial charge in [0.05, 0.1) is 7.11 Å². The van der Waals surface area contributed by atoms with E-state index in [1.165, 1.54) is 7.11 Å². The average molecular weight is 343 g/mol. The van der Waals surface area contributed by atoms with Gasteiger partial charge in [0.1, 0.15) is 14.2 Å². The van der Waals surface area contributed by atoms with E-state index in [-0.39, 0.29) is 17.1 Å². The van der Waals surface area contributed by atoms with Crippen molar-refractivity contribution in [3.05, 3.63) is 0 Å². The van der Waals surface area contributed by atoms with Crippen molar-refractivity contribution in [2.75, 3.05) is 7.11 Å². The molecule has 0 saturated heterocycles. The molecule has 0 bridgehead atoms. The van der Waals surface area contributed by atoms with Crippen LogP contribution in [-0.4, -0.2) is 35.6 Å². The predicted octanol–water partition coefficient (Wildman–Crippen LogP) is 4.60. The monoisotopic (exact) mass is 342 g/mol. The lowest BCUT2D eigenvalue weighted by atomic mass is 10.1. The number of carbonyl (C=O) groups is 1. The van der Waals surface area contributed by atoms with Crippen molar-refractivity contribution in [2.45, 2.75) is 83.9 Å². The molecule has 0 saturated carbocycles. The highest BCUT2D eigenvalue weighted by molar-refractivity contribution is 6.83. The molecule has 1 atom stereocenters.